The maximum absolute atomic E-state index is 5.04. The second-order valence-electron chi connectivity index (χ2n) is 8.09. The van der Waals surface area contributed by atoms with E-state index in [2.05, 4.69) is 103 Å². The van der Waals surface area contributed by atoms with Crippen LogP contribution in [0.4, 0.5) is 0 Å². The summed E-state index contributed by atoms with van der Waals surface area (Å²) in [7, 11) is 0. The third-order valence-electron chi connectivity index (χ3n) is 6.34. The molecule has 1 aromatic heterocycles. The number of aromatic nitrogens is 1. The summed E-state index contributed by atoms with van der Waals surface area (Å²) in [6, 6.07) is 37.3. The van der Waals surface area contributed by atoms with Gasteiger partial charge in [-0.15, -0.1) is 0 Å². The molecule has 0 aliphatic rings. The third kappa shape index (κ3) is 2.20. The topological polar surface area (TPSA) is 12.9 Å². The zero-order valence-electron chi connectivity index (χ0n) is 16.3. The Labute approximate surface area is 173 Å². The highest BCUT2D eigenvalue weighted by Gasteiger charge is 2.09. The Balaban J connectivity index is 1.66. The average molecular weight is 379 g/mol. The van der Waals surface area contributed by atoms with Gasteiger partial charge in [-0.1, -0.05) is 60.7 Å². The van der Waals surface area contributed by atoms with E-state index in [9.17, 15) is 0 Å². The molecule has 0 spiro atoms. The van der Waals surface area contributed by atoms with Crippen LogP contribution in [-0.2, 0) is 0 Å². The van der Waals surface area contributed by atoms with Gasteiger partial charge in [-0.25, -0.2) is 4.98 Å². The Bertz CT molecular complexity index is 1660. The lowest BCUT2D eigenvalue weighted by molar-refractivity contribution is 1.52. The molecule has 0 amide bonds. The highest BCUT2D eigenvalue weighted by molar-refractivity contribution is 6.18. The zero-order chi connectivity index (χ0) is 19.7. The maximum Gasteiger partial charge on any atom is 0.0716 e. The van der Waals surface area contributed by atoms with E-state index >= 15 is 0 Å². The molecule has 0 aliphatic heterocycles. The maximum atomic E-state index is 5.04. The molecule has 1 nitrogen and oxygen atoms in total. The van der Waals surface area contributed by atoms with Gasteiger partial charge < -0.3 is 0 Å². The summed E-state index contributed by atoms with van der Waals surface area (Å²) in [6.45, 7) is 0. The van der Waals surface area contributed by atoms with Gasteiger partial charge in [0.25, 0.3) is 0 Å². The fraction of sp³-hybridized carbons (Fsp3) is 0. The molecule has 0 N–H and O–H groups in total. The average Bonchev–Trinajstić information content (AvgIpc) is 2.80. The van der Waals surface area contributed by atoms with Gasteiger partial charge in [-0.2, -0.15) is 0 Å². The monoisotopic (exact) mass is 379 g/mol. The van der Waals surface area contributed by atoms with E-state index < -0.39 is 0 Å². The van der Waals surface area contributed by atoms with Gasteiger partial charge in [0.05, 0.1) is 11.0 Å². The SMILES string of the molecule is c1ccc2cc3c(ccc4nc5ccc6cc7ccccc7cc6c5cc43)cc2c1. The van der Waals surface area contributed by atoms with Crippen molar-refractivity contribution in [3.63, 3.8) is 0 Å². The Kier molecular flexibility index (Phi) is 3.06. The number of benzene rings is 6. The summed E-state index contributed by atoms with van der Waals surface area (Å²) in [4.78, 5) is 5.04. The number of fused-ring (bicyclic) bond motifs is 8. The summed E-state index contributed by atoms with van der Waals surface area (Å²) in [5, 5.41) is 12.5. The van der Waals surface area contributed by atoms with Crippen molar-refractivity contribution in [3.05, 3.63) is 103 Å². The van der Waals surface area contributed by atoms with Crippen LogP contribution in [0, 0.1) is 0 Å². The van der Waals surface area contributed by atoms with Crippen LogP contribution in [0.1, 0.15) is 0 Å². The lowest BCUT2D eigenvalue weighted by atomic mass is 9.96. The first-order valence-corrected chi connectivity index (χ1v) is 10.3. The molecule has 0 unspecified atom stereocenters. The summed E-state index contributed by atoms with van der Waals surface area (Å²) < 4.78 is 0. The molecule has 0 atom stereocenters. The van der Waals surface area contributed by atoms with Gasteiger partial charge in [-0.05, 0) is 85.6 Å². The van der Waals surface area contributed by atoms with Gasteiger partial charge in [0.1, 0.15) is 0 Å². The van der Waals surface area contributed by atoms with E-state index in [1.807, 2.05) is 0 Å². The Hall–Kier alpha value is -3.97. The predicted octanol–water partition coefficient (Wildman–Crippen LogP) is 8.00. The number of nitrogens with zero attached hydrogens (tertiary/aromatic N) is 1. The third-order valence-corrected chi connectivity index (χ3v) is 6.34. The summed E-state index contributed by atoms with van der Waals surface area (Å²) in [6.07, 6.45) is 0. The molecule has 7 aromatic rings. The van der Waals surface area contributed by atoms with Gasteiger partial charge in [0, 0.05) is 10.8 Å². The van der Waals surface area contributed by atoms with E-state index in [1.54, 1.807) is 0 Å². The van der Waals surface area contributed by atoms with Gasteiger partial charge in [0.15, 0.2) is 0 Å². The van der Waals surface area contributed by atoms with Crippen LogP contribution in [0.15, 0.2) is 103 Å². The Morgan fingerprint density at radius 2 is 0.767 bits per heavy atom. The largest absolute Gasteiger partial charge is 0.248 e. The zero-order valence-corrected chi connectivity index (χ0v) is 16.3. The first-order chi connectivity index (χ1) is 14.8. The van der Waals surface area contributed by atoms with Crippen LogP contribution >= 0.6 is 0 Å². The molecule has 1 heterocycles. The molecule has 7 rings (SSSR count). The Morgan fingerprint density at radius 3 is 1.23 bits per heavy atom. The first kappa shape index (κ1) is 15.9. The van der Waals surface area contributed by atoms with Crippen LogP contribution in [0.2, 0.25) is 0 Å². The van der Waals surface area contributed by atoms with Crippen molar-refractivity contribution in [2.75, 3.05) is 0 Å². The molecule has 0 saturated heterocycles. The van der Waals surface area contributed by atoms with Crippen LogP contribution in [-0.4, -0.2) is 4.98 Å². The summed E-state index contributed by atoms with van der Waals surface area (Å²) in [5.41, 5.74) is 2.09. The van der Waals surface area contributed by atoms with E-state index in [1.165, 1.54) is 53.9 Å². The van der Waals surface area contributed by atoms with E-state index in [0.717, 1.165) is 11.0 Å². The fourth-order valence-corrected chi connectivity index (χ4v) is 4.82. The fourth-order valence-electron chi connectivity index (χ4n) is 4.82. The van der Waals surface area contributed by atoms with E-state index in [-0.39, 0.29) is 0 Å². The molecule has 6 aromatic carbocycles. The minimum Gasteiger partial charge on any atom is -0.248 e. The van der Waals surface area contributed by atoms with Crippen molar-refractivity contribution in [1.29, 1.82) is 0 Å². The number of pyridine rings is 1. The van der Waals surface area contributed by atoms with E-state index in [4.69, 9.17) is 4.98 Å². The number of rotatable bonds is 0. The standard InChI is InChI=1S/C29H17N/c1-3-7-20-15-24-22(13-18(20)5-1)9-11-28-26(24)17-27-25-16-21-8-4-2-6-19(21)14-23(25)10-12-29(27)30-28/h1-17H. The quantitative estimate of drug-likeness (QED) is 0.192. The number of hydrogen-bond donors (Lipinski definition) is 0. The molecular weight excluding hydrogens is 362 g/mol. The molecular formula is C29H17N. The van der Waals surface area contributed by atoms with Crippen molar-refractivity contribution in [2.45, 2.75) is 0 Å². The smallest absolute Gasteiger partial charge is 0.0716 e. The lowest BCUT2D eigenvalue weighted by Crippen LogP contribution is -1.87. The van der Waals surface area contributed by atoms with Crippen LogP contribution in [0.3, 0.4) is 0 Å². The Morgan fingerprint density at radius 1 is 0.333 bits per heavy atom. The van der Waals surface area contributed by atoms with Crippen molar-refractivity contribution >= 4 is 64.9 Å². The van der Waals surface area contributed by atoms with Crippen molar-refractivity contribution in [2.24, 2.45) is 0 Å². The highest BCUT2D eigenvalue weighted by Crippen LogP contribution is 2.34. The van der Waals surface area contributed by atoms with Crippen LogP contribution in [0.25, 0.3) is 64.9 Å². The molecule has 0 bridgehead atoms. The van der Waals surface area contributed by atoms with Gasteiger partial charge in [0.2, 0.25) is 0 Å². The summed E-state index contributed by atoms with van der Waals surface area (Å²) in [5.74, 6) is 0. The minimum absolute atomic E-state index is 1.05. The van der Waals surface area contributed by atoms with Crippen molar-refractivity contribution in [3.8, 4) is 0 Å². The number of hydrogen-bond acceptors (Lipinski definition) is 1. The molecule has 0 radical (unpaired) electrons. The predicted molar refractivity (Wildman–Crippen MR) is 129 cm³/mol. The van der Waals surface area contributed by atoms with Crippen molar-refractivity contribution < 1.29 is 0 Å². The normalized spacial score (nSPS) is 12.0. The van der Waals surface area contributed by atoms with Gasteiger partial charge >= 0.3 is 0 Å². The van der Waals surface area contributed by atoms with Crippen LogP contribution < -0.4 is 0 Å². The molecule has 1 heteroatoms. The van der Waals surface area contributed by atoms with Crippen molar-refractivity contribution in [1.82, 2.24) is 4.98 Å². The van der Waals surface area contributed by atoms with Crippen LogP contribution in [0.5, 0.6) is 0 Å². The second kappa shape index (κ2) is 5.77. The molecule has 0 aliphatic carbocycles. The lowest BCUT2D eigenvalue weighted by Gasteiger charge is -2.10. The molecule has 0 saturated carbocycles. The summed E-state index contributed by atoms with van der Waals surface area (Å²) >= 11 is 0. The highest BCUT2D eigenvalue weighted by atomic mass is 14.7. The molecule has 138 valence electrons. The van der Waals surface area contributed by atoms with E-state index in [0.29, 0.717) is 0 Å². The molecule has 0 fully saturated rings. The first-order valence-electron chi connectivity index (χ1n) is 10.3. The minimum atomic E-state index is 1.05. The molecule has 30 heavy (non-hydrogen) atoms. The van der Waals surface area contributed by atoms with Gasteiger partial charge in [-0.3, -0.25) is 0 Å². The second-order valence-corrected chi connectivity index (χ2v) is 8.09.